The monoisotopic (exact) mass is 146 g/mol. The second-order valence-corrected chi connectivity index (χ2v) is 4.18. The van der Waals surface area contributed by atoms with Gasteiger partial charge in [0.15, 0.2) is 0 Å². The first-order valence-electron chi connectivity index (χ1n) is 2.68. The van der Waals surface area contributed by atoms with Crippen molar-refractivity contribution in [1.82, 2.24) is 0 Å². The van der Waals surface area contributed by atoms with Crippen LogP contribution in [0, 0.1) is 11.2 Å². The van der Waals surface area contributed by atoms with E-state index in [1.54, 1.807) is 13.8 Å². The van der Waals surface area contributed by atoms with E-state index in [9.17, 15) is 8.42 Å². The van der Waals surface area contributed by atoms with Crippen LogP contribution in [-0.2, 0) is 9.84 Å². The topological polar surface area (TPSA) is 34.1 Å². The maximum Gasteiger partial charge on any atom is 0.219 e. The molecule has 0 N–H and O–H groups in total. The Morgan fingerprint density at radius 3 is 1.89 bits per heavy atom. The second kappa shape index (κ2) is 2.88. The SMILES string of the molecule is CC#CS(=O)(=O)C(C)C. The van der Waals surface area contributed by atoms with Crippen LogP contribution in [0.2, 0.25) is 0 Å². The largest absolute Gasteiger partial charge is 0.219 e. The van der Waals surface area contributed by atoms with Crippen LogP contribution in [0.3, 0.4) is 0 Å². The highest BCUT2D eigenvalue weighted by Gasteiger charge is 2.10. The molecule has 3 heteroatoms. The first kappa shape index (κ1) is 8.51. The third kappa shape index (κ3) is 2.52. The van der Waals surface area contributed by atoms with Crippen LogP contribution in [0.1, 0.15) is 20.8 Å². The smallest absolute Gasteiger partial charge is 0.215 e. The highest BCUT2D eigenvalue weighted by Crippen LogP contribution is 1.96. The second-order valence-electron chi connectivity index (χ2n) is 1.95. The molecule has 0 aliphatic heterocycles. The Kier molecular flexibility index (Phi) is 2.72. The molecule has 0 aromatic heterocycles. The third-order valence-electron chi connectivity index (χ3n) is 0.865. The fourth-order valence-corrected chi connectivity index (χ4v) is 0.780. The molecular formula is C6H10O2S. The molecule has 0 radical (unpaired) electrons. The van der Waals surface area contributed by atoms with Crippen molar-refractivity contribution in [2.24, 2.45) is 0 Å². The molecule has 2 nitrogen and oxygen atoms in total. The standard InChI is InChI=1S/C6H10O2S/c1-4-5-9(7,8)6(2)3/h6H,1-3H3. The van der Waals surface area contributed by atoms with Crippen LogP contribution in [0.4, 0.5) is 0 Å². The average molecular weight is 146 g/mol. The lowest BCUT2D eigenvalue weighted by atomic mass is 10.6. The van der Waals surface area contributed by atoms with Gasteiger partial charge >= 0.3 is 0 Å². The van der Waals surface area contributed by atoms with Crippen molar-refractivity contribution in [2.75, 3.05) is 0 Å². The van der Waals surface area contributed by atoms with E-state index in [0.717, 1.165) is 0 Å². The molecule has 0 saturated heterocycles. The van der Waals surface area contributed by atoms with E-state index in [4.69, 9.17) is 0 Å². The van der Waals surface area contributed by atoms with Crippen molar-refractivity contribution in [3.63, 3.8) is 0 Å². The third-order valence-corrected chi connectivity index (χ3v) is 2.59. The normalized spacial score (nSPS) is 10.7. The highest BCUT2D eigenvalue weighted by molar-refractivity contribution is 7.96. The molecule has 52 valence electrons. The summed E-state index contributed by atoms with van der Waals surface area (Å²) in [7, 11) is -3.11. The average Bonchev–Trinajstić information content (AvgIpc) is 1.65. The predicted octanol–water partition coefficient (Wildman–Crippen LogP) is 0.790. The Morgan fingerprint density at radius 1 is 1.33 bits per heavy atom. The van der Waals surface area contributed by atoms with E-state index >= 15 is 0 Å². The Bertz CT molecular complexity index is 226. The number of hydrogen-bond acceptors (Lipinski definition) is 2. The van der Waals surface area contributed by atoms with E-state index in [-0.39, 0.29) is 5.25 Å². The minimum absolute atomic E-state index is 0.384. The zero-order chi connectivity index (χ0) is 7.49. The molecule has 0 bridgehead atoms. The number of hydrogen-bond donors (Lipinski definition) is 0. The van der Waals surface area contributed by atoms with E-state index in [0.29, 0.717) is 0 Å². The molecule has 0 unspecified atom stereocenters. The minimum Gasteiger partial charge on any atom is -0.215 e. The van der Waals surface area contributed by atoms with E-state index in [1.165, 1.54) is 6.92 Å². The van der Waals surface area contributed by atoms with E-state index in [2.05, 4.69) is 11.2 Å². The van der Waals surface area contributed by atoms with Gasteiger partial charge in [-0.05, 0) is 20.8 Å². The first-order valence-corrected chi connectivity index (χ1v) is 4.22. The van der Waals surface area contributed by atoms with Gasteiger partial charge in [-0.3, -0.25) is 0 Å². The molecule has 0 aliphatic carbocycles. The van der Waals surface area contributed by atoms with Crippen LogP contribution < -0.4 is 0 Å². The van der Waals surface area contributed by atoms with Gasteiger partial charge in [-0.1, -0.05) is 5.92 Å². The maximum absolute atomic E-state index is 10.8. The summed E-state index contributed by atoms with van der Waals surface area (Å²) in [6.07, 6.45) is 0. The molecule has 0 aliphatic rings. The van der Waals surface area contributed by atoms with Crippen LogP contribution >= 0.6 is 0 Å². The molecule has 0 heterocycles. The molecular weight excluding hydrogens is 136 g/mol. The van der Waals surface area contributed by atoms with Crippen molar-refractivity contribution >= 4 is 9.84 Å². The summed E-state index contributed by atoms with van der Waals surface area (Å²) >= 11 is 0. The summed E-state index contributed by atoms with van der Waals surface area (Å²) in [6.45, 7) is 4.74. The molecule has 0 spiro atoms. The van der Waals surface area contributed by atoms with Crippen LogP contribution in [-0.4, -0.2) is 13.7 Å². The molecule has 0 saturated carbocycles. The predicted molar refractivity (Wildman–Crippen MR) is 37.5 cm³/mol. The Hall–Kier alpha value is -0.490. The fourth-order valence-electron chi connectivity index (χ4n) is 0.260. The first-order chi connectivity index (χ1) is 4.00. The molecule has 9 heavy (non-hydrogen) atoms. The molecule has 0 amide bonds. The van der Waals surface area contributed by atoms with Crippen molar-refractivity contribution < 1.29 is 8.42 Å². The van der Waals surface area contributed by atoms with Gasteiger partial charge in [0.1, 0.15) is 0 Å². The van der Waals surface area contributed by atoms with Gasteiger partial charge in [-0.25, -0.2) is 8.42 Å². The molecule has 0 rings (SSSR count). The summed E-state index contributed by atoms with van der Waals surface area (Å²) in [5.41, 5.74) is 0. The highest BCUT2D eigenvalue weighted by atomic mass is 32.2. The van der Waals surface area contributed by atoms with E-state index in [1.807, 2.05) is 0 Å². The van der Waals surface area contributed by atoms with Gasteiger partial charge in [-0.15, -0.1) is 0 Å². The minimum atomic E-state index is -3.11. The van der Waals surface area contributed by atoms with Crippen LogP contribution in [0.5, 0.6) is 0 Å². The summed E-state index contributed by atoms with van der Waals surface area (Å²) in [5, 5.41) is 1.76. The van der Waals surface area contributed by atoms with E-state index < -0.39 is 9.84 Å². The summed E-state index contributed by atoms with van der Waals surface area (Å²) in [5.74, 6) is 2.35. The Labute approximate surface area is 56.2 Å². The molecule has 0 aromatic carbocycles. The molecule has 0 atom stereocenters. The summed E-state index contributed by atoms with van der Waals surface area (Å²) in [6, 6.07) is 0. The molecule has 0 fully saturated rings. The van der Waals surface area contributed by atoms with Crippen molar-refractivity contribution in [1.29, 1.82) is 0 Å². The zero-order valence-corrected chi connectivity index (χ0v) is 6.62. The quantitative estimate of drug-likeness (QED) is 0.405. The van der Waals surface area contributed by atoms with Gasteiger partial charge in [-0.2, -0.15) is 0 Å². The van der Waals surface area contributed by atoms with Crippen molar-refractivity contribution in [3.8, 4) is 11.2 Å². The van der Waals surface area contributed by atoms with Gasteiger partial charge in [0.25, 0.3) is 0 Å². The fraction of sp³-hybridized carbons (Fsp3) is 0.667. The summed E-state index contributed by atoms with van der Waals surface area (Å²) in [4.78, 5) is 0. The van der Waals surface area contributed by atoms with Gasteiger partial charge in [0, 0.05) is 5.25 Å². The Balaban J connectivity index is 4.56. The van der Waals surface area contributed by atoms with Gasteiger partial charge < -0.3 is 0 Å². The molecule has 0 aromatic rings. The van der Waals surface area contributed by atoms with Crippen LogP contribution in [0.25, 0.3) is 0 Å². The van der Waals surface area contributed by atoms with Crippen molar-refractivity contribution in [3.05, 3.63) is 0 Å². The lowest BCUT2D eigenvalue weighted by Gasteiger charge is -1.95. The lowest BCUT2D eigenvalue weighted by Crippen LogP contribution is -2.10. The lowest BCUT2D eigenvalue weighted by molar-refractivity contribution is 0.598. The van der Waals surface area contributed by atoms with Crippen molar-refractivity contribution in [2.45, 2.75) is 26.0 Å². The summed E-state index contributed by atoms with van der Waals surface area (Å²) < 4.78 is 21.5. The van der Waals surface area contributed by atoms with Gasteiger partial charge in [0.2, 0.25) is 9.84 Å². The number of sulfone groups is 1. The Morgan fingerprint density at radius 2 is 1.78 bits per heavy atom. The van der Waals surface area contributed by atoms with Crippen LogP contribution in [0.15, 0.2) is 0 Å². The van der Waals surface area contributed by atoms with Gasteiger partial charge in [0.05, 0.1) is 5.25 Å². The zero-order valence-electron chi connectivity index (χ0n) is 5.80. The number of rotatable bonds is 1. The maximum atomic E-state index is 10.8.